The third-order valence-corrected chi connectivity index (χ3v) is 2.97. The lowest BCUT2D eigenvalue weighted by atomic mass is 9.97. The van der Waals surface area contributed by atoms with E-state index in [9.17, 15) is 5.11 Å². The maximum atomic E-state index is 10.0. The molecule has 88 valence electrons. The largest absolute Gasteiger partial charge is 0.497 e. The molecule has 1 aliphatic heterocycles. The fraction of sp³-hybridized carbons (Fsp3) is 0.538. The smallest absolute Gasteiger partial charge is 0.125 e. The molecule has 0 saturated heterocycles. The van der Waals surface area contributed by atoms with Gasteiger partial charge in [-0.05, 0) is 24.6 Å². The van der Waals surface area contributed by atoms with Crippen molar-refractivity contribution in [1.82, 2.24) is 0 Å². The van der Waals surface area contributed by atoms with E-state index in [0.29, 0.717) is 6.42 Å². The third-order valence-electron chi connectivity index (χ3n) is 2.97. The van der Waals surface area contributed by atoms with Gasteiger partial charge in [0, 0.05) is 12.0 Å². The van der Waals surface area contributed by atoms with E-state index in [1.54, 1.807) is 7.11 Å². The topological polar surface area (TPSA) is 38.7 Å². The Morgan fingerprint density at radius 1 is 1.50 bits per heavy atom. The van der Waals surface area contributed by atoms with Crippen molar-refractivity contribution in [3.05, 3.63) is 23.8 Å². The number of methoxy groups -OCH3 is 1. The van der Waals surface area contributed by atoms with E-state index < -0.39 is 6.10 Å². The number of hydrogen-bond acceptors (Lipinski definition) is 3. The van der Waals surface area contributed by atoms with E-state index in [0.717, 1.165) is 29.9 Å². The SMILES string of the molecule is CCCC1C[C@H](O)c2cc(OC)ccc2O1. The first kappa shape index (κ1) is 11.3. The van der Waals surface area contributed by atoms with E-state index >= 15 is 0 Å². The predicted octanol–water partition coefficient (Wildman–Crippen LogP) is 2.68. The average molecular weight is 222 g/mol. The number of fused-ring (bicyclic) bond motifs is 1. The molecule has 3 nitrogen and oxygen atoms in total. The van der Waals surface area contributed by atoms with E-state index in [1.165, 1.54) is 0 Å². The number of aliphatic hydroxyl groups is 1. The predicted molar refractivity (Wildman–Crippen MR) is 61.9 cm³/mol. The van der Waals surface area contributed by atoms with Gasteiger partial charge in [0.15, 0.2) is 0 Å². The second kappa shape index (κ2) is 4.74. The summed E-state index contributed by atoms with van der Waals surface area (Å²) in [5, 5.41) is 10.0. The fourth-order valence-corrected chi connectivity index (χ4v) is 2.12. The Hall–Kier alpha value is -1.22. The van der Waals surface area contributed by atoms with Crippen molar-refractivity contribution in [2.24, 2.45) is 0 Å². The molecule has 1 aromatic carbocycles. The molecule has 0 bridgehead atoms. The summed E-state index contributed by atoms with van der Waals surface area (Å²) in [7, 11) is 1.62. The van der Waals surface area contributed by atoms with Gasteiger partial charge in [-0.1, -0.05) is 13.3 Å². The second-order valence-corrected chi connectivity index (χ2v) is 4.18. The minimum absolute atomic E-state index is 0.140. The van der Waals surface area contributed by atoms with Gasteiger partial charge >= 0.3 is 0 Å². The van der Waals surface area contributed by atoms with Gasteiger partial charge in [-0.2, -0.15) is 0 Å². The zero-order valence-corrected chi connectivity index (χ0v) is 9.77. The minimum atomic E-state index is -0.435. The van der Waals surface area contributed by atoms with Crippen LogP contribution in [0.25, 0.3) is 0 Å². The van der Waals surface area contributed by atoms with Crippen molar-refractivity contribution >= 4 is 0 Å². The fourth-order valence-electron chi connectivity index (χ4n) is 2.12. The molecule has 1 aliphatic rings. The Balaban J connectivity index is 2.23. The van der Waals surface area contributed by atoms with Crippen LogP contribution in [0.3, 0.4) is 0 Å². The highest BCUT2D eigenvalue weighted by atomic mass is 16.5. The van der Waals surface area contributed by atoms with Crippen LogP contribution in [-0.4, -0.2) is 18.3 Å². The summed E-state index contributed by atoms with van der Waals surface area (Å²) in [6.07, 6.45) is 2.44. The highest BCUT2D eigenvalue weighted by Crippen LogP contribution is 2.37. The summed E-state index contributed by atoms with van der Waals surface area (Å²) in [5.41, 5.74) is 0.840. The normalized spacial score (nSPS) is 23.4. The number of rotatable bonds is 3. The molecule has 0 aliphatic carbocycles. The number of aliphatic hydroxyl groups excluding tert-OH is 1. The minimum Gasteiger partial charge on any atom is -0.497 e. The van der Waals surface area contributed by atoms with Gasteiger partial charge in [-0.25, -0.2) is 0 Å². The molecule has 16 heavy (non-hydrogen) atoms. The van der Waals surface area contributed by atoms with Gasteiger partial charge in [0.2, 0.25) is 0 Å². The van der Waals surface area contributed by atoms with Gasteiger partial charge in [-0.3, -0.25) is 0 Å². The van der Waals surface area contributed by atoms with Crippen LogP contribution in [0.2, 0.25) is 0 Å². The zero-order chi connectivity index (χ0) is 11.5. The molecule has 0 saturated carbocycles. The molecule has 1 aromatic rings. The maximum Gasteiger partial charge on any atom is 0.125 e. The van der Waals surface area contributed by atoms with Crippen LogP contribution in [-0.2, 0) is 0 Å². The molecule has 0 amide bonds. The molecule has 0 radical (unpaired) electrons. The Kier molecular flexibility index (Phi) is 3.34. The van der Waals surface area contributed by atoms with Crippen LogP contribution in [0.5, 0.6) is 11.5 Å². The van der Waals surface area contributed by atoms with Gasteiger partial charge in [-0.15, -0.1) is 0 Å². The highest BCUT2D eigenvalue weighted by molar-refractivity contribution is 5.43. The van der Waals surface area contributed by atoms with E-state index in [4.69, 9.17) is 9.47 Å². The first-order valence-electron chi connectivity index (χ1n) is 5.77. The molecule has 2 rings (SSSR count). The van der Waals surface area contributed by atoms with Crippen LogP contribution in [0.15, 0.2) is 18.2 Å². The Bertz CT molecular complexity index is 362. The molecule has 3 heteroatoms. The molecule has 2 atom stereocenters. The molecule has 1 heterocycles. The Morgan fingerprint density at radius 3 is 3.00 bits per heavy atom. The van der Waals surface area contributed by atoms with Crippen molar-refractivity contribution in [1.29, 1.82) is 0 Å². The van der Waals surface area contributed by atoms with Gasteiger partial charge in [0.25, 0.3) is 0 Å². The van der Waals surface area contributed by atoms with Crippen molar-refractivity contribution in [2.75, 3.05) is 7.11 Å². The van der Waals surface area contributed by atoms with Crippen molar-refractivity contribution < 1.29 is 14.6 Å². The molecule has 0 fully saturated rings. The number of hydrogen-bond donors (Lipinski definition) is 1. The monoisotopic (exact) mass is 222 g/mol. The lowest BCUT2D eigenvalue weighted by molar-refractivity contribution is 0.0612. The number of benzene rings is 1. The summed E-state index contributed by atoms with van der Waals surface area (Å²) >= 11 is 0. The summed E-state index contributed by atoms with van der Waals surface area (Å²) < 4.78 is 11.0. The van der Waals surface area contributed by atoms with Crippen LogP contribution >= 0.6 is 0 Å². The van der Waals surface area contributed by atoms with Gasteiger partial charge in [0.05, 0.1) is 13.2 Å². The lowest BCUT2D eigenvalue weighted by Crippen LogP contribution is -2.25. The molecule has 1 N–H and O–H groups in total. The van der Waals surface area contributed by atoms with Crippen LogP contribution in [0, 0.1) is 0 Å². The maximum absolute atomic E-state index is 10.0. The molecule has 0 aromatic heterocycles. The molecule has 0 spiro atoms. The third kappa shape index (κ3) is 2.14. The van der Waals surface area contributed by atoms with Gasteiger partial charge in [0.1, 0.15) is 17.6 Å². The second-order valence-electron chi connectivity index (χ2n) is 4.18. The summed E-state index contributed by atoms with van der Waals surface area (Å²) in [4.78, 5) is 0. The van der Waals surface area contributed by atoms with Crippen molar-refractivity contribution in [3.63, 3.8) is 0 Å². The summed E-state index contributed by atoms with van der Waals surface area (Å²) in [6.45, 7) is 2.12. The number of ether oxygens (including phenoxy) is 2. The standard InChI is InChI=1S/C13H18O3/c1-3-4-10-8-12(14)11-7-9(15-2)5-6-13(11)16-10/h5-7,10,12,14H,3-4,8H2,1-2H3/t10?,12-/m0/s1. The average Bonchev–Trinajstić information content (AvgIpc) is 2.29. The molecular weight excluding hydrogens is 204 g/mol. The van der Waals surface area contributed by atoms with Crippen LogP contribution < -0.4 is 9.47 Å². The van der Waals surface area contributed by atoms with E-state index in [1.807, 2.05) is 18.2 Å². The summed E-state index contributed by atoms with van der Waals surface area (Å²) in [6, 6.07) is 5.58. The highest BCUT2D eigenvalue weighted by Gasteiger charge is 2.26. The Labute approximate surface area is 96.0 Å². The first-order chi connectivity index (χ1) is 7.74. The Morgan fingerprint density at radius 2 is 2.31 bits per heavy atom. The lowest BCUT2D eigenvalue weighted by Gasteiger charge is -2.29. The van der Waals surface area contributed by atoms with Crippen molar-refractivity contribution in [2.45, 2.75) is 38.4 Å². The van der Waals surface area contributed by atoms with Gasteiger partial charge < -0.3 is 14.6 Å². The molecular formula is C13H18O3. The van der Waals surface area contributed by atoms with E-state index in [-0.39, 0.29) is 6.10 Å². The zero-order valence-electron chi connectivity index (χ0n) is 9.77. The summed E-state index contributed by atoms with van der Waals surface area (Å²) in [5.74, 6) is 1.55. The quantitative estimate of drug-likeness (QED) is 0.854. The van der Waals surface area contributed by atoms with E-state index in [2.05, 4.69) is 6.92 Å². The first-order valence-corrected chi connectivity index (χ1v) is 5.77. The molecule has 1 unspecified atom stereocenters. The van der Waals surface area contributed by atoms with Crippen LogP contribution in [0.1, 0.15) is 37.9 Å². The van der Waals surface area contributed by atoms with Crippen molar-refractivity contribution in [3.8, 4) is 11.5 Å². The van der Waals surface area contributed by atoms with Crippen LogP contribution in [0.4, 0.5) is 0 Å².